The van der Waals surface area contributed by atoms with Crippen molar-refractivity contribution in [2.75, 3.05) is 6.61 Å². The second-order valence-corrected chi connectivity index (χ2v) is 15.6. The van der Waals surface area contributed by atoms with E-state index in [1.54, 1.807) is 0 Å². The summed E-state index contributed by atoms with van der Waals surface area (Å²) in [5.74, 6) is 3.29. The zero-order valence-corrected chi connectivity index (χ0v) is 24.4. The fourth-order valence-electron chi connectivity index (χ4n) is 4.45. The van der Waals surface area contributed by atoms with Gasteiger partial charge < -0.3 is 18.9 Å². The van der Waals surface area contributed by atoms with Gasteiger partial charge in [0.1, 0.15) is 32.4 Å². The van der Waals surface area contributed by atoms with Crippen LogP contribution >= 0.6 is 0 Å². The second kappa shape index (κ2) is 14.8. The highest BCUT2D eigenvalue weighted by atomic mass is 28.3. The van der Waals surface area contributed by atoms with Gasteiger partial charge in [-0.2, -0.15) is 0 Å². The summed E-state index contributed by atoms with van der Waals surface area (Å²) in [5, 5.41) is 4.15. The van der Waals surface area contributed by atoms with Crippen LogP contribution in [0.5, 0.6) is 0 Å². The molecule has 3 aromatic rings. The van der Waals surface area contributed by atoms with Crippen LogP contribution in [0, 0.1) is 11.5 Å². The van der Waals surface area contributed by atoms with Gasteiger partial charge in [-0.25, -0.2) is 0 Å². The van der Waals surface area contributed by atoms with E-state index in [4.69, 9.17) is 18.9 Å². The summed E-state index contributed by atoms with van der Waals surface area (Å²) < 4.78 is 25.7. The number of hydrogen-bond acceptors (Lipinski definition) is 5. The van der Waals surface area contributed by atoms with Gasteiger partial charge in [0.15, 0.2) is 0 Å². The summed E-state index contributed by atoms with van der Waals surface area (Å²) in [5.41, 5.74) is 16.0. The fraction of sp³-hybridized carbons (Fsp3) is 0.375. The summed E-state index contributed by atoms with van der Waals surface area (Å²) in [6, 6.07) is 29.2. The summed E-state index contributed by atoms with van der Waals surface area (Å²) in [6.07, 6.45) is -2.29. The number of ether oxygens (including phenoxy) is 4. The van der Waals surface area contributed by atoms with E-state index in [-0.39, 0.29) is 6.61 Å². The maximum absolute atomic E-state index is 9.54. The molecule has 3 aromatic carbocycles. The van der Waals surface area contributed by atoms with Crippen molar-refractivity contribution < 1.29 is 18.9 Å². The van der Waals surface area contributed by atoms with Gasteiger partial charge in [0.25, 0.3) is 0 Å². The van der Waals surface area contributed by atoms with E-state index in [9.17, 15) is 5.53 Å². The molecule has 1 heterocycles. The molecule has 7 nitrogen and oxygen atoms in total. The van der Waals surface area contributed by atoms with Crippen molar-refractivity contribution in [2.45, 2.75) is 69.9 Å². The average molecular weight is 556 g/mol. The fourth-order valence-corrected chi connectivity index (χ4v) is 5.02. The lowest BCUT2D eigenvalue weighted by atomic mass is 9.93. The molecule has 0 bridgehead atoms. The second-order valence-electron chi connectivity index (χ2n) is 10.8. The Morgan fingerprint density at radius 1 is 0.775 bits per heavy atom. The minimum absolute atomic E-state index is 0.271. The number of hydrogen-bond donors (Lipinski definition) is 0. The first-order valence-electron chi connectivity index (χ1n) is 13.6. The van der Waals surface area contributed by atoms with Crippen LogP contribution in [-0.2, 0) is 38.8 Å². The van der Waals surface area contributed by atoms with Gasteiger partial charge in [-0.15, -0.1) is 5.54 Å². The van der Waals surface area contributed by atoms with Gasteiger partial charge in [-0.3, -0.25) is 0 Å². The first-order chi connectivity index (χ1) is 19.4. The van der Waals surface area contributed by atoms with Crippen molar-refractivity contribution in [1.29, 1.82) is 0 Å². The molecule has 208 valence electrons. The van der Waals surface area contributed by atoms with Crippen LogP contribution in [-0.4, -0.2) is 45.1 Å². The van der Waals surface area contributed by atoms with E-state index in [0.717, 1.165) is 16.7 Å². The Bertz CT molecular complexity index is 1290. The lowest BCUT2D eigenvalue weighted by Gasteiger charge is -2.43. The topological polar surface area (TPSA) is 85.7 Å². The number of azide groups is 1. The average Bonchev–Trinajstić information content (AvgIpc) is 2.96. The Labute approximate surface area is 238 Å². The SMILES string of the molecule is C[Si](C)(C)C#C[C@H]1O[C@H](COCc2ccccc2)[C@@H](OCc2ccccc2)[C@H](OCc2ccccc2)[C@H]1N=[N+]=[N-]. The maximum atomic E-state index is 9.54. The predicted octanol–water partition coefficient (Wildman–Crippen LogP) is 6.70. The summed E-state index contributed by atoms with van der Waals surface area (Å²) >= 11 is 0. The van der Waals surface area contributed by atoms with Crippen molar-refractivity contribution in [2.24, 2.45) is 5.11 Å². The highest BCUT2D eigenvalue weighted by Crippen LogP contribution is 2.30. The van der Waals surface area contributed by atoms with E-state index in [0.29, 0.717) is 19.8 Å². The highest BCUT2D eigenvalue weighted by Gasteiger charge is 2.47. The van der Waals surface area contributed by atoms with Gasteiger partial charge in [0, 0.05) is 4.91 Å². The van der Waals surface area contributed by atoms with Gasteiger partial charge in [-0.1, -0.05) is 122 Å². The van der Waals surface area contributed by atoms with Crippen LogP contribution in [0.3, 0.4) is 0 Å². The first kappa shape index (κ1) is 29.6. The Kier molecular flexibility index (Phi) is 11.0. The first-order valence-corrected chi connectivity index (χ1v) is 17.1. The van der Waals surface area contributed by atoms with Crippen molar-refractivity contribution in [3.63, 3.8) is 0 Å². The molecule has 0 saturated carbocycles. The molecule has 0 aromatic heterocycles. The predicted molar refractivity (Wildman–Crippen MR) is 159 cm³/mol. The van der Waals surface area contributed by atoms with Crippen molar-refractivity contribution in [3.05, 3.63) is 118 Å². The smallest absolute Gasteiger partial charge is 0.129 e. The molecular weight excluding hydrogens is 518 g/mol. The number of nitrogens with zero attached hydrogens (tertiary/aromatic N) is 3. The highest BCUT2D eigenvalue weighted by molar-refractivity contribution is 6.83. The Balaban J connectivity index is 1.63. The molecule has 40 heavy (non-hydrogen) atoms. The number of rotatable bonds is 11. The largest absolute Gasteiger partial charge is 0.374 e. The molecule has 1 fully saturated rings. The molecule has 0 N–H and O–H groups in total. The Morgan fingerprint density at radius 3 is 1.77 bits per heavy atom. The molecule has 1 aliphatic rings. The molecule has 0 amide bonds. The normalized spacial score (nSPS) is 22.5. The van der Waals surface area contributed by atoms with Gasteiger partial charge >= 0.3 is 0 Å². The molecule has 8 heteroatoms. The van der Waals surface area contributed by atoms with E-state index in [1.165, 1.54) is 0 Å². The lowest BCUT2D eigenvalue weighted by molar-refractivity contribution is -0.217. The van der Waals surface area contributed by atoms with Crippen LogP contribution < -0.4 is 0 Å². The van der Waals surface area contributed by atoms with E-state index < -0.39 is 38.5 Å². The van der Waals surface area contributed by atoms with Gasteiger partial charge in [0.05, 0.1) is 32.5 Å². The lowest BCUT2D eigenvalue weighted by Crippen LogP contribution is -2.59. The zero-order chi connectivity index (χ0) is 28.2. The van der Waals surface area contributed by atoms with Crippen molar-refractivity contribution in [1.82, 2.24) is 0 Å². The van der Waals surface area contributed by atoms with E-state index in [1.807, 2.05) is 91.0 Å². The summed E-state index contributed by atoms with van der Waals surface area (Å²) in [4.78, 5) is 3.16. The number of benzene rings is 3. The zero-order valence-electron chi connectivity index (χ0n) is 23.4. The van der Waals surface area contributed by atoms with E-state index in [2.05, 4.69) is 41.1 Å². The van der Waals surface area contributed by atoms with E-state index >= 15 is 0 Å². The standard InChI is InChI=1S/C32H37N3O4Si/c1-40(2,3)20-19-28-30(34-35-33)32(38-23-27-17-11-6-12-18-27)31(37-22-26-15-9-5-10-16-26)29(39-28)24-36-21-25-13-7-4-8-14-25/h4-18,28-32H,21-24H2,1-3H3/t28-,29-,30+,31-,32-/m1/s1. The molecule has 1 saturated heterocycles. The molecule has 4 rings (SSSR count). The molecule has 0 spiro atoms. The molecule has 1 aliphatic heterocycles. The van der Waals surface area contributed by atoms with Crippen LogP contribution in [0.25, 0.3) is 10.4 Å². The molecule has 0 aliphatic carbocycles. The third-order valence-electron chi connectivity index (χ3n) is 6.40. The minimum Gasteiger partial charge on any atom is -0.374 e. The van der Waals surface area contributed by atoms with Crippen molar-refractivity contribution >= 4 is 8.07 Å². The maximum Gasteiger partial charge on any atom is 0.129 e. The van der Waals surface area contributed by atoms with Crippen LogP contribution in [0.4, 0.5) is 0 Å². The molecule has 0 unspecified atom stereocenters. The summed E-state index contributed by atoms with van der Waals surface area (Å²) in [7, 11) is -1.73. The van der Waals surface area contributed by atoms with Crippen LogP contribution in [0.2, 0.25) is 19.6 Å². The quantitative estimate of drug-likeness (QED) is 0.0866. The Morgan fingerprint density at radius 2 is 1.27 bits per heavy atom. The molecule has 5 atom stereocenters. The Hall–Kier alpha value is -3.41. The molecule has 0 radical (unpaired) electrons. The molecular formula is C32H37N3O4Si. The van der Waals surface area contributed by atoms with Crippen LogP contribution in [0.1, 0.15) is 16.7 Å². The third-order valence-corrected chi connectivity index (χ3v) is 7.29. The van der Waals surface area contributed by atoms with Gasteiger partial charge in [0.2, 0.25) is 0 Å². The monoisotopic (exact) mass is 555 g/mol. The summed E-state index contributed by atoms with van der Waals surface area (Å²) in [6.45, 7) is 7.90. The third kappa shape index (κ3) is 9.07. The van der Waals surface area contributed by atoms with Crippen molar-refractivity contribution in [3.8, 4) is 11.5 Å². The van der Waals surface area contributed by atoms with Gasteiger partial charge in [-0.05, 0) is 22.2 Å². The van der Waals surface area contributed by atoms with Crippen LogP contribution in [0.15, 0.2) is 96.1 Å². The minimum atomic E-state index is -1.73.